The molecule has 1 fully saturated rings. The minimum Gasteiger partial charge on any atom is -0.353 e. The van der Waals surface area contributed by atoms with Crippen molar-refractivity contribution in [1.29, 1.82) is 0 Å². The quantitative estimate of drug-likeness (QED) is 0.535. The summed E-state index contributed by atoms with van der Waals surface area (Å²) in [7, 11) is 0. The summed E-state index contributed by atoms with van der Waals surface area (Å²) in [6.45, 7) is 2.41. The largest absolute Gasteiger partial charge is 0.353 e. The van der Waals surface area contributed by atoms with Crippen molar-refractivity contribution in [2.75, 3.05) is 31.5 Å². The van der Waals surface area contributed by atoms with Crippen molar-refractivity contribution in [3.63, 3.8) is 0 Å². The lowest BCUT2D eigenvalue weighted by Crippen LogP contribution is -2.46. The fraction of sp³-hybridized carbons (Fsp3) is 0.409. The van der Waals surface area contributed by atoms with Gasteiger partial charge in [-0.1, -0.05) is 18.2 Å². The van der Waals surface area contributed by atoms with E-state index < -0.39 is 0 Å². The van der Waals surface area contributed by atoms with Crippen molar-refractivity contribution in [2.24, 2.45) is 0 Å². The second-order valence-corrected chi connectivity index (χ2v) is 8.18. The Morgan fingerprint density at radius 2 is 1.80 bits per heavy atom. The maximum absolute atomic E-state index is 12.2. The number of benzene rings is 1. The van der Waals surface area contributed by atoms with Gasteiger partial charge in [-0.2, -0.15) is 11.3 Å². The molecule has 30 heavy (non-hydrogen) atoms. The highest BCUT2D eigenvalue weighted by Crippen LogP contribution is 2.12. The van der Waals surface area contributed by atoms with Gasteiger partial charge in [0, 0.05) is 48.7 Å². The molecule has 1 aliphatic heterocycles. The van der Waals surface area contributed by atoms with Gasteiger partial charge >= 0.3 is 0 Å². The molecule has 3 amide bonds. The van der Waals surface area contributed by atoms with Crippen molar-refractivity contribution in [1.82, 2.24) is 15.5 Å². The number of thiophene rings is 1. The van der Waals surface area contributed by atoms with E-state index >= 15 is 0 Å². The summed E-state index contributed by atoms with van der Waals surface area (Å²) in [4.78, 5) is 38.3. The zero-order valence-corrected chi connectivity index (χ0v) is 17.7. The van der Waals surface area contributed by atoms with Crippen LogP contribution in [-0.4, -0.2) is 54.8 Å². The maximum atomic E-state index is 12.2. The van der Waals surface area contributed by atoms with Crippen LogP contribution < -0.4 is 16.0 Å². The molecule has 0 unspecified atom stereocenters. The first-order valence-electron chi connectivity index (χ1n) is 10.3. The number of likely N-dealkylation sites (tertiary alicyclic amines) is 1. The highest BCUT2D eigenvalue weighted by Gasteiger charge is 2.22. The maximum Gasteiger partial charge on any atom is 0.252 e. The van der Waals surface area contributed by atoms with E-state index in [1.165, 1.54) is 11.3 Å². The zero-order chi connectivity index (χ0) is 21.2. The molecule has 8 heteroatoms. The number of carbonyl (C=O) groups is 3. The number of carbonyl (C=O) groups excluding carboxylic acids is 3. The molecule has 3 N–H and O–H groups in total. The molecule has 1 saturated heterocycles. The molecule has 1 aliphatic rings. The molecule has 3 rings (SSSR count). The number of hydrogen-bond acceptors (Lipinski definition) is 5. The smallest absolute Gasteiger partial charge is 0.252 e. The third kappa shape index (κ3) is 7.27. The van der Waals surface area contributed by atoms with E-state index in [-0.39, 0.29) is 23.8 Å². The fourth-order valence-electron chi connectivity index (χ4n) is 3.41. The number of piperidine rings is 1. The van der Waals surface area contributed by atoms with Crippen LogP contribution in [0.2, 0.25) is 0 Å². The Morgan fingerprint density at radius 3 is 2.50 bits per heavy atom. The summed E-state index contributed by atoms with van der Waals surface area (Å²) in [5, 5.41) is 12.5. The number of rotatable bonds is 9. The summed E-state index contributed by atoms with van der Waals surface area (Å²) in [5.74, 6) is -0.103. The van der Waals surface area contributed by atoms with Crippen LogP contribution in [0.5, 0.6) is 0 Å². The molecule has 0 atom stereocenters. The molecule has 2 heterocycles. The van der Waals surface area contributed by atoms with Gasteiger partial charge in [-0.25, -0.2) is 0 Å². The van der Waals surface area contributed by atoms with E-state index in [9.17, 15) is 14.4 Å². The van der Waals surface area contributed by atoms with E-state index in [0.29, 0.717) is 31.5 Å². The lowest BCUT2D eigenvalue weighted by molar-refractivity contribution is -0.122. The van der Waals surface area contributed by atoms with Gasteiger partial charge in [0.25, 0.3) is 5.91 Å². The van der Waals surface area contributed by atoms with E-state index in [4.69, 9.17) is 0 Å². The second-order valence-electron chi connectivity index (χ2n) is 7.40. The molecule has 1 aromatic heterocycles. The van der Waals surface area contributed by atoms with Crippen molar-refractivity contribution in [3.8, 4) is 0 Å². The lowest BCUT2D eigenvalue weighted by Gasteiger charge is -2.31. The highest BCUT2D eigenvalue weighted by atomic mass is 32.1. The number of para-hydroxylation sites is 1. The van der Waals surface area contributed by atoms with E-state index in [2.05, 4.69) is 20.9 Å². The van der Waals surface area contributed by atoms with Gasteiger partial charge in [0.05, 0.1) is 6.54 Å². The van der Waals surface area contributed by atoms with Gasteiger partial charge in [-0.15, -0.1) is 0 Å². The third-order valence-electron chi connectivity index (χ3n) is 5.03. The summed E-state index contributed by atoms with van der Waals surface area (Å²) < 4.78 is 0. The minimum absolute atomic E-state index is 0.0139. The Balaban J connectivity index is 1.26. The van der Waals surface area contributed by atoms with Crippen LogP contribution in [0.3, 0.4) is 0 Å². The monoisotopic (exact) mass is 428 g/mol. The first kappa shape index (κ1) is 22.0. The topological polar surface area (TPSA) is 90.5 Å². The van der Waals surface area contributed by atoms with Crippen LogP contribution in [0.25, 0.3) is 0 Å². The molecule has 1 aromatic carbocycles. The number of amides is 3. The predicted molar refractivity (Wildman–Crippen MR) is 119 cm³/mol. The molecular formula is C22H28N4O3S. The van der Waals surface area contributed by atoms with Gasteiger partial charge in [0.15, 0.2) is 0 Å². The summed E-state index contributed by atoms with van der Waals surface area (Å²) in [6, 6.07) is 11.4. The molecular weight excluding hydrogens is 400 g/mol. The molecule has 7 nitrogen and oxygen atoms in total. The molecule has 0 aliphatic carbocycles. The Labute approximate surface area is 180 Å². The third-order valence-corrected chi connectivity index (χ3v) is 5.71. The lowest BCUT2D eigenvalue weighted by atomic mass is 10.0. The first-order chi connectivity index (χ1) is 14.6. The average molecular weight is 429 g/mol. The molecule has 2 aromatic rings. The van der Waals surface area contributed by atoms with Crippen molar-refractivity contribution >= 4 is 34.7 Å². The van der Waals surface area contributed by atoms with Gasteiger partial charge in [-0.05, 0) is 42.8 Å². The fourth-order valence-corrected chi connectivity index (χ4v) is 4.04. The van der Waals surface area contributed by atoms with Crippen LogP contribution in [0.1, 0.15) is 36.0 Å². The van der Waals surface area contributed by atoms with Crippen LogP contribution >= 0.6 is 11.3 Å². The van der Waals surface area contributed by atoms with Crippen LogP contribution in [-0.2, 0) is 9.59 Å². The Bertz CT molecular complexity index is 818. The van der Waals surface area contributed by atoms with Crippen LogP contribution in [0.4, 0.5) is 5.69 Å². The molecule has 0 bridgehead atoms. The van der Waals surface area contributed by atoms with Crippen LogP contribution in [0, 0.1) is 0 Å². The number of nitrogens with zero attached hydrogens (tertiary/aromatic N) is 1. The van der Waals surface area contributed by atoms with E-state index in [1.807, 2.05) is 35.7 Å². The predicted octanol–water partition coefficient (Wildman–Crippen LogP) is 2.48. The molecule has 160 valence electrons. The highest BCUT2D eigenvalue weighted by molar-refractivity contribution is 7.08. The SMILES string of the molecule is O=C(CN1CCC(NC(=O)CCCNC(=O)c2ccsc2)CC1)Nc1ccccc1. The number of anilines is 1. The standard InChI is InChI=1S/C22H28N4O3S/c27-20(7-4-11-23-22(29)17-10-14-30-16-17)24-19-8-12-26(13-9-19)15-21(28)25-18-5-2-1-3-6-18/h1-3,5-6,10,14,16,19H,4,7-9,11-13,15H2,(H,23,29)(H,24,27)(H,25,28). The minimum atomic E-state index is -0.0969. The first-order valence-corrected chi connectivity index (χ1v) is 11.2. The number of nitrogens with one attached hydrogen (secondary N) is 3. The van der Waals surface area contributed by atoms with E-state index in [1.54, 1.807) is 11.4 Å². The summed E-state index contributed by atoms with van der Waals surface area (Å²) in [5.41, 5.74) is 1.46. The van der Waals surface area contributed by atoms with Gasteiger partial charge < -0.3 is 16.0 Å². The molecule has 0 radical (unpaired) electrons. The average Bonchev–Trinajstić information content (AvgIpc) is 3.28. The molecule has 0 saturated carbocycles. The van der Waals surface area contributed by atoms with Crippen molar-refractivity contribution in [3.05, 3.63) is 52.7 Å². The second kappa shape index (κ2) is 11.5. The Kier molecular flexibility index (Phi) is 8.41. The molecule has 0 spiro atoms. The normalized spacial score (nSPS) is 14.8. The van der Waals surface area contributed by atoms with Crippen LogP contribution in [0.15, 0.2) is 47.2 Å². The Morgan fingerprint density at radius 1 is 1.03 bits per heavy atom. The Hall–Kier alpha value is -2.71. The van der Waals surface area contributed by atoms with Gasteiger partial charge in [0.1, 0.15) is 0 Å². The summed E-state index contributed by atoms with van der Waals surface area (Å²) >= 11 is 1.48. The zero-order valence-electron chi connectivity index (χ0n) is 16.9. The summed E-state index contributed by atoms with van der Waals surface area (Å²) in [6.07, 6.45) is 2.67. The number of hydrogen-bond donors (Lipinski definition) is 3. The van der Waals surface area contributed by atoms with Gasteiger partial charge in [0.2, 0.25) is 11.8 Å². The van der Waals surface area contributed by atoms with E-state index in [0.717, 1.165) is 31.6 Å². The van der Waals surface area contributed by atoms with Crippen molar-refractivity contribution < 1.29 is 14.4 Å². The van der Waals surface area contributed by atoms with Gasteiger partial charge in [-0.3, -0.25) is 19.3 Å². The van der Waals surface area contributed by atoms with Crippen molar-refractivity contribution in [2.45, 2.75) is 31.7 Å².